The van der Waals surface area contributed by atoms with Crippen molar-refractivity contribution in [1.82, 2.24) is 0 Å². The highest BCUT2D eigenvalue weighted by atomic mass is 19.4. The van der Waals surface area contributed by atoms with Crippen LogP contribution in [0.1, 0.15) is 57.2 Å². The molecule has 1 atom stereocenters. The minimum absolute atomic E-state index is 0.478. The molecule has 1 rings (SSSR count). The van der Waals surface area contributed by atoms with Crippen molar-refractivity contribution in [3.05, 3.63) is 34.9 Å². The van der Waals surface area contributed by atoms with Crippen LogP contribution in [0.3, 0.4) is 0 Å². The maximum absolute atomic E-state index is 12.6. The summed E-state index contributed by atoms with van der Waals surface area (Å²) in [6.07, 6.45) is -2.77. The normalized spacial score (nSPS) is 11.7. The second-order valence-electron chi connectivity index (χ2n) is 4.51. The number of hydrogen-bond donors (Lipinski definition) is 1. The third kappa shape index (κ3) is 9.77. The van der Waals surface area contributed by atoms with Gasteiger partial charge in [-0.2, -0.15) is 13.2 Å². The summed E-state index contributed by atoms with van der Waals surface area (Å²) in [5, 5.41) is 0. The predicted molar refractivity (Wildman–Crippen MR) is 85.8 cm³/mol. The van der Waals surface area contributed by atoms with Crippen LogP contribution in [0.2, 0.25) is 0 Å². The molecular formula is C17H29F4N. The van der Waals surface area contributed by atoms with Gasteiger partial charge in [0.1, 0.15) is 6.67 Å². The molecule has 1 aromatic carbocycles. The highest BCUT2D eigenvalue weighted by Crippen LogP contribution is 2.30. The predicted octanol–water partition coefficient (Wildman–Crippen LogP) is 5.69. The first-order chi connectivity index (χ1) is 10.3. The number of alkyl halides is 4. The highest BCUT2D eigenvalue weighted by Gasteiger charge is 2.30. The highest BCUT2D eigenvalue weighted by molar-refractivity contribution is 5.31. The largest absolute Gasteiger partial charge is 0.416 e. The molecule has 0 radical (unpaired) electrons. The van der Waals surface area contributed by atoms with E-state index in [2.05, 4.69) is 0 Å². The maximum Gasteiger partial charge on any atom is 0.416 e. The SMILES string of the molecule is CC.CC.Cc1cc(CCCC(N)CF)cc(C(F)(F)F)c1. The van der Waals surface area contributed by atoms with Crippen LogP contribution in [-0.2, 0) is 12.6 Å². The molecule has 0 heterocycles. The molecule has 0 bridgehead atoms. The monoisotopic (exact) mass is 323 g/mol. The number of halogens is 4. The zero-order valence-electron chi connectivity index (χ0n) is 14.2. The third-order valence-electron chi connectivity index (χ3n) is 2.70. The van der Waals surface area contributed by atoms with Gasteiger partial charge in [0.15, 0.2) is 0 Å². The van der Waals surface area contributed by atoms with E-state index in [9.17, 15) is 17.6 Å². The third-order valence-corrected chi connectivity index (χ3v) is 2.70. The summed E-state index contributed by atoms with van der Waals surface area (Å²) < 4.78 is 49.9. The van der Waals surface area contributed by atoms with Crippen molar-refractivity contribution in [2.45, 2.75) is 66.1 Å². The Balaban J connectivity index is 0. The number of hydrogen-bond acceptors (Lipinski definition) is 1. The topological polar surface area (TPSA) is 26.0 Å². The van der Waals surface area contributed by atoms with Gasteiger partial charge in [-0.3, -0.25) is 0 Å². The van der Waals surface area contributed by atoms with Crippen molar-refractivity contribution in [2.24, 2.45) is 5.73 Å². The molecule has 5 heteroatoms. The van der Waals surface area contributed by atoms with Gasteiger partial charge in [-0.15, -0.1) is 0 Å². The summed E-state index contributed by atoms with van der Waals surface area (Å²) in [7, 11) is 0. The molecule has 0 fully saturated rings. The van der Waals surface area contributed by atoms with Gasteiger partial charge in [-0.05, 0) is 43.9 Å². The zero-order chi connectivity index (χ0) is 17.8. The van der Waals surface area contributed by atoms with Gasteiger partial charge in [-0.25, -0.2) is 4.39 Å². The van der Waals surface area contributed by atoms with E-state index in [-0.39, 0.29) is 0 Å². The van der Waals surface area contributed by atoms with Crippen molar-refractivity contribution in [1.29, 1.82) is 0 Å². The van der Waals surface area contributed by atoms with Crippen LogP contribution in [0, 0.1) is 6.92 Å². The smallest absolute Gasteiger partial charge is 0.325 e. The van der Waals surface area contributed by atoms with E-state index < -0.39 is 24.5 Å². The Bertz CT molecular complexity index is 389. The standard InChI is InChI=1S/C13H17F4N.2C2H6/c1-9-5-10(3-2-4-12(18)8-14)7-11(6-9)13(15,16)17;2*1-2/h5-7,12H,2-4,8,18H2,1H3;2*1-2H3. The molecule has 2 N–H and O–H groups in total. The maximum atomic E-state index is 12.6. The van der Waals surface area contributed by atoms with E-state index in [4.69, 9.17) is 5.73 Å². The van der Waals surface area contributed by atoms with Crippen LogP contribution in [0.5, 0.6) is 0 Å². The molecule has 0 amide bonds. The summed E-state index contributed by atoms with van der Waals surface area (Å²) >= 11 is 0. The van der Waals surface area contributed by atoms with Gasteiger partial charge in [0.05, 0.1) is 5.56 Å². The first-order valence-electron chi connectivity index (χ1n) is 7.82. The second kappa shape index (κ2) is 12.4. The minimum atomic E-state index is -4.32. The van der Waals surface area contributed by atoms with E-state index in [0.29, 0.717) is 30.4 Å². The lowest BCUT2D eigenvalue weighted by Gasteiger charge is -2.11. The van der Waals surface area contributed by atoms with Crippen molar-refractivity contribution in [3.8, 4) is 0 Å². The van der Waals surface area contributed by atoms with Gasteiger partial charge >= 0.3 is 6.18 Å². The molecule has 1 unspecified atom stereocenters. The van der Waals surface area contributed by atoms with Gasteiger partial charge < -0.3 is 5.73 Å². The Labute approximate surface area is 131 Å². The van der Waals surface area contributed by atoms with Crippen LogP contribution in [0.25, 0.3) is 0 Å². The molecule has 22 heavy (non-hydrogen) atoms. The van der Waals surface area contributed by atoms with E-state index in [1.54, 1.807) is 13.0 Å². The van der Waals surface area contributed by atoms with Crippen LogP contribution in [0.15, 0.2) is 18.2 Å². The van der Waals surface area contributed by atoms with Crippen molar-refractivity contribution in [3.63, 3.8) is 0 Å². The Morgan fingerprint density at radius 3 is 2.05 bits per heavy atom. The van der Waals surface area contributed by atoms with E-state index in [1.807, 2.05) is 27.7 Å². The van der Waals surface area contributed by atoms with Crippen LogP contribution < -0.4 is 5.73 Å². The fourth-order valence-electron chi connectivity index (χ4n) is 1.82. The van der Waals surface area contributed by atoms with Crippen molar-refractivity contribution >= 4 is 0 Å². The Kier molecular flexibility index (Phi) is 13.1. The number of benzene rings is 1. The number of rotatable bonds is 5. The number of nitrogens with two attached hydrogens (primary N) is 1. The zero-order valence-corrected chi connectivity index (χ0v) is 14.2. The summed E-state index contributed by atoms with van der Waals surface area (Å²) in [5.74, 6) is 0. The second-order valence-corrected chi connectivity index (χ2v) is 4.51. The van der Waals surface area contributed by atoms with E-state index >= 15 is 0 Å². The molecule has 0 spiro atoms. The fourth-order valence-corrected chi connectivity index (χ4v) is 1.82. The van der Waals surface area contributed by atoms with Gasteiger partial charge in [0.25, 0.3) is 0 Å². The molecule has 0 saturated carbocycles. The molecular weight excluding hydrogens is 294 g/mol. The molecule has 0 aromatic heterocycles. The van der Waals surface area contributed by atoms with Crippen LogP contribution in [0.4, 0.5) is 17.6 Å². The van der Waals surface area contributed by atoms with E-state index in [1.165, 1.54) is 0 Å². The first kappa shape index (κ1) is 23.2. The molecule has 0 saturated heterocycles. The molecule has 0 aliphatic rings. The van der Waals surface area contributed by atoms with Crippen molar-refractivity contribution < 1.29 is 17.6 Å². The van der Waals surface area contributed by atoms with Gasteiger partial charge in [0.2, 0.25) is 0 Å². The molecule has 1 nitrogen and oxygen atoms in total. The average Bonchev–Trinajstić information content (AvgIpc) is 2.49. The molecule has 1 aromatic rings. The summed E-state index contributed by atoms with van der Waals surface area (Å²) in [6.45, 7) is 9.04. The van der Waals surface area contributed by atoms with Crippen LogP contribution in [-0.4, -0.2) is 12.7 Å². The lowest BCUT2D eigenvalue weighted by molar-refractivity contribution is -0.137. The number of aryl methyl sites for hydroxylation is 2. The lowest BCUT2D eigenvalue weighted by atomic mass is 10.0. The van der Waals surface area contributed by atoms with Gasteiger partial charge in [-0.1, -0.05) is 39.3 Å². The van der Waals surface area contributed by atoms with Crippen LogP contribution >= 0.6 is 0 Å². The molecule has 130 valence electrons. The average molecular weight is 323 g/mol. The molecule has 0 aliphatic carbocycles. The van der Waals surface area contributed by atoms with Crippen molar-refractivity contribution in [2.75, 3.05) is 6.67 Å². The summed E-state index contributed by atoms with van der Waals surface area (Å²) in [5.41, 5.74) is 5.98. The Hall–Kier alpha value is -1.10. The lowest BCUT2D eigenvalue weighted by Crippen LogP contribution is -2.22. The Morgan fingerprint density at radius 1 is 1.05 bits per heavy atom. The van der Waals surface area contributed by atoms with Gasteiger partial charge in [0, 0.05) is 6.04 Å². The fraction of sp³-hybridized carbons (Fsp3) is 0.647. The van der Waals surface area contributed by atoms with E-state index in [0.717, 1.165) is 12.1 Å². The summed E-state index contributed by atoms with van der Waals surface area (Å²) in [4.78, 5) is 0. The quantitative estimate of drug-likeness (QED) is 0.693. The molecule has 0 aliphatic heterocycles. The summed E-state index contributed by atoms with van der Waals surface area (Å²) in [6, 6.07) is 3.47. The first-order valence-corrected chi connectivity index (χ1v) is 7.82. The Morgan fingerprint density at radius 2 is 1.59 bits per heavy atom. The minimum Gasteiger partial charge on any atom is -0.325 e.